The summed E-state index contributed by atoms with van der Waals surface area (Å²) in [6.45, 7) is 0. The molecule has 6 aromatic rings. The second kappa shape index (κ2) is 7.87. The van der Waals surface area contributed by atoms with E-state index in [0.29, 0.717) is 5.75 Å². The minimum absolute atomic E-state index is 0.697. The van der Waals surface area contributed by atoms with Crippen molar-refractivity contribution < 1.29 is 8.57 Å². The molecule has 7 heteroatoms. The van der Waals surface area contributed by atoms with Crippen LogP contribution in [0.4, 0.5) is 0 Å². The van der Waals surface area contributed by atoms with Crippen LogP contribution in [-0.4, -0.2) is 33.2 Å². The van der Waals surface area contributed by atoms with E-state index in [1.165, 1.54) is 5.39 Å². The van der Waals surface area contributed by atoms with Gasteiger partial charge in [0.25, 0.3) is 0 Å². The molecule has 3 aromatic carbocycles. The average Bonchev–Trinajstić information content (AvgIpc) is 3.57. The van der Waals surface area contributed by atoms with Crippen LogP contribution in [0, 0.1) is 0 Å². The van der Waals surface area contributed by atoms with E-state index in [4.69, 9.17) is 4.74 Å². The Kier molecular flexibility index (Phi) is 4.52. The van der Waals surface area contributed by atoms with Crippen molar-refractivity contribution in [1.82, 2.24) is 19.3 Å². The van der Waals surface area contributed by atoms with Gasteiger partial charge >= 0.3 is 151 Å². The molecule has 0 aliphatic carbocycles. The van der Waals surface area contributed by atoms with Crippen LogP contribution < -0.4 is 9.20 Å². The Morgan fingerprint density at radius 1 is 0.800 bits per heavy atom. The van der Waals surface area contributed by atoms with Crippen molar-refractivity contribution in [2.24, 2.45) is 0 Å². The topological polar surface area (TPSA) is 61.9 Å². The van der Waals surface area contributed by atoms with Crippen LogP contribution in [0.5, 0.6) is 11.5 Å². The number of hydrogen-bond donors (Lipinski definition) is 0. The van der Waals surface area contributed by atoms with Crippen LogP contribution in [0.2, 0.25) is 0 Å². The van der Waals surface area contributed by atoms with E-state index >= 15 is 0 Å². The molecule has 7 rings (SSSR count). The summed E-state index contributed by atoms with van der Waals surface area (Å²) in [4.78, 5) is 6.35. The Balaban J connectivity index is 1.30. The monoisotopic (exact) mass is 522 g/mol. The normalized spacial score (nSPS) is 14.6. The van der Waals surface area contributed by atoms with Gasteiger partial charge in [0, 0.05) is 6.20 Å². The van der Waals surface area contributed by atoms with Crippen molar-refractivity contribution in [3.63, 3.8) is 0 Å². The third-order valence-electron chi connectivity index (χ3n) is 6.12. The minimum atomic E-state index is -2.10. The zero-order valence-electron chi connectivity index (χ0n) is 18.4. The second-order valence-corrected chi connectivity index (χ2v) is 11.0. The fourth-order valence-electron chi connectivity index (χ4n) is 4.55. The van der Waals surface area contributed by atoms with E-state index in [2.05, 4.69) is 45.0 Å². The van der Waals surface area contributed by atoms with E-state index < -0.39 is 13.8 Å². The number of para-hydroxylation sites is 1. The van der Waals surface area contributed by atoms with Gasteiger partial charge in [-0.1, -0.05) is 24.3 Å². The van der Waals surface area contributed by atoms with Gasteiger partial charge in [-0.25, -0.2) is 4.98 Å². The van der Waals surface area contributed by atoms with Gasteiger partial charge in [0.1, 0.15) is 0 Å². The molecular weight excluding hydrogens is 503 g/mol. The Morgan fingerprint density at radius 3 is 2.54 bits per heavy atom. The predicted octanol–water partition coefficient (Wildman–Crippen LogP) is 5.35. The second-order valence-electron chi connectivity index (χ2n) is 8.24. The first-order chi connectivity index (χ1) is 17.2. The third kappa shape index (κ3) is 3.33. The van der Waals surface area contributed by atoms with E-state index in [0.717, 1.165) is 43.8 Å². The van der Waals surface area contributed by atoms with Crippen LogP contribution in [0.1, 0.15) is 5.69 Å². The number of pyridine rings is 1. The maximum absolute atomic E-state index is 12.2. The molecule has 4 heterocycles. The molecule has 1 aliphatic rings. The number of nitrogens with zero attached hydrogens (tertiary/aromatic N) is 4. The first kappa shape index (κ1) is 20.1. The van der Waals surface area contributed by atoms with Crippen LogP contribution in [-0.2, 0) is 3.83 Å². The SMILES string of the molecule is O=[Se]1C=Cc2nn(-c3cccc(Oc4ccc5c6ccccc6n(-c6ccccn6)c5c4)c3)cc21. The Hall–Kier alpha value is -4.32. The predicted molar refractivity (Wildman–Crippen MR) is 137 cm³/mol. The summed E-state index contributed by atoms with van der Waals surface area (Å²) < 4.78 is 23.2. The number of ether oxygens (including phenoxy) is 1. The number of aromatic nitrogens is 4. The summed E-state index contributed by atoms with van der Waals surface area (Å²) >= 11 is -2.10. The van der Waals surface area contributed by atoms with Gasteiger partial charge in [0.05, 0.1) is 0 Å². The van der Waals surface area contributed by atoms with E-state index in [1.807, 2.05) is 66.9 Å². The summed E-state index contributed by atoms with van der Waals surface area (Å²) in [5.74, 6) is 2.29. The fourth-order valence-corrected chi connectivity index (χ4v) is 6.47. The van der Waals surface area contributed by atoms with Crippen LogP contribution in [0.25, 0.3) is 39.4 Å². The first-order valence-corrected chi connectivity index (χ1v) is 13.7. The van der Waals surface area contributed by atoms with E-state index in [9.17, 15) is 3.83 Å². The van der Waals surface area contributed by atoms with Crippen molar-refractivity contribution >= 4 is 46.2 Å². The molecule has 168 valence electrons. The van der Waals surface area contributed by atoms with Gasteiger partial charge in [-0.3, -0.25) is 0 Å². The Morgan fingerprint density at radius 2 is 1.66 bits per heavy atom. The van der Waals surface area contributed by atoms with Gasteiger partial charge in [-0.2, -0.15) is 0 Å². The summed E-state index contributed by atoms with van der Waals surface area (Å²) in [6, 6.07) is 28.1. The maximum atomic E-state index is 12.2. The molecule has 0 fully saturated rings. The number of benzene rings is 3. The number of hydrogen-bond acceptors (Lipinski definition) is 4. The number of fused-ring (bicyclic) bond motifs is 4. The van der Waals surface area contributed by atoms with Crippen molar-refractivity contribution in [3.8, 4) is 23.0 Å². The molecule has 3 aromatic heterocycles. The molecule has 35 heavy (non-hydrogen) atoms. The molecule has 0 N–H and O–H groups in total. The Bertz CT molecular complexity index is 1800. The van der Waals surface area contributed by atoms with Gasteiger partial charge in [-0.05, 0) is 18.2 Å². The van der Waals surface area contributed by atoms with Gasteiger partial charge in [-0.15, -0.1) is 0 Å². The molecule has 1 atom stereocenters. The quantitative estimate of drug-likeness (QED) is 0.294. The van der Waals surface area contributed by atoms with Crippen LogP contribution in [0.15, 0.2) is 102 Å². The van der Waals surface area contributed by atoms with Crippen LogP contribution >= 0.6 is 0 Å². The van der Waals surface area contributed by atoms with Crippen molar-refractivity contribution in [1.29, 1.82) is 0 Å². The molecule has 0 saturated heterocycles. The molecule has 0 bridgehead atoms. The standard InChI is InChI=1S/C28H18N4O2Se/c33-35-15-13-24-27(35)18-31(30-24)19-6-5-7-20(16-19)34-21-11-12-23-22-8-1-2-9-25(22)32(26(23)17-21)28-10-3-4-14-29-28/h1-18H. The zero-order valence-corrected chi connectivity index (χ0v) is 20.1. The Labute approximate surface area is 204 Å². The van der Waals surface area contributed by atoms with Gasteiger partial charge in [0.2, 0.25) is 0 Å². The van der Waals surface area contributed by atoms with Crippen molar-refractivity contribution in [2.75, 3.05) is 0 Å². The van der Waals surface area contributed by atoms with E-state index in [-0.39, 0.29) is 0 Å². The fraction of sp³-hybridized carbons (Fsp3) is 0. The summed E-state index contributed by atoms with van der Waals surface area (Å²) in [5.41, 5.74) is 3.76. The van der Waals surface area contributed by atoms with Gasteiger partial charge < -0.3 is 0 Å². The molecule has 0 spiro atoms. The summed E-state index contributed by atoms with van der Waals surface area (Å²) in [6.07, 6.45) is 5.49. The molecule has 0 saturated carbocycles. The molecule has 0 radical (unpaired) electrons. The first-order valence-electron chi connectivity index (χ1n) is 11.2. The average molecular weight is 521 g/mol. The van der Waals surface area contributed by atoms with Gasteiger partial charge in [0.15, 0.2) is 0 Å². The molecule has 1 unspecified atom stereocenters. The van der Waals surface area contributed by atoms with E-state index in [1.54, 1.807) is 15.9 Å². The molecule has 0 amide bonds. The van der Waals surface area contributed by atoms with Crippen LogP contribution in [0.3, 0.4) is 0 Å². The summed E-state index contributed by atoms with van der Waals surface area (Å²) in [7, 11) is 0. The molecular formula is C28H18N4O2Se. The van der Waals surface area contributed by atoms with Crippen molar-refractivity contribution in [3.05, 3.63) is 108 Å². The molecule has 6 nitrogen and oxygen atoms in total. The van der Waals surface area contributed by atoms with Crippen molar-refractivity contribution in [2.45, 2.75) is 0 Å². The number of rotatable bonds is 4. The molecule has 1 aliphatic heterocycles. The zero-order chi connectivity index (χ0) is 23.4. The third-order valence-corrected chi connectivity index (χ3v) is 8.49. The summed E-state index contributed by atoms with van der Waals surface area (Å²) in [5, 5.41) is 6.88.